The van der Waals surface area contributed by atoms with Gasteiger partial charge < -0.3 is 4.90 Å². The van der Waals surface area contributed by atoms with Crippen molar-refractivity contribution < 1.29 is 0 Å². The SMILES string of the molecule is CCCCSc1nc(Cl)nc(N(C)C)n1. The molecule has 0 saturated heterocycles. The monoisotopic (exact) mass is 246 g/mol. The normalized spacial score (nSPS) is 10.4. The Bertz CT molecular complexity index is 319. The van der Waals surface area contributed by atoms with Gasteiger partial charge in [-0.2, -0.15) is 15.0 Å². The molecule has 4 nitrogen and oxygen atoms in total. The Labute approximate surface area is 99.5 Å². The largest absolute Gasteiger partial charge is 0.347 e. The maximum absolute atomic E-state index is 5.80. The Morgan fingerprint density at radius 3 is 2.60 bits per heavy atom. The van der Waals surface area contributed by atoms with Crippen LogP contribution in [0.25, 0.3) is 0 Å². The van der Waals surface area contributed by atoms with Crippen molar-refractivity contribution in [3.63, 3.8) is 0 Å². The lowest BCUT2D eigenvalue weighted by molar-refractivity contribution is 0.856. The van der Waals surface area contributed by atoms with Crippen LogP contribution < -0.4 is 4.90 Å². The number of thioether (sulfide) groups is 1. The number of rotatable bonds is 5. The summed E-state index contributed by atoms with van der Waals surface area (Å²) in [6.45, 7) is 2.16. The Hall–Kier alpha value is -0.550. The molecule has 0 aromatic carbocycles. The fourth-order valence-electron chi connectivity index (χ4n) is 0.894. The second kappa shape index (κ2) is 6.12. The minimum absolute atomic E-state index is 0.257. The van der Waals surface area contributed by atoms with E-state index in [-0.39, 0.29) is 5.28 Å². The van der Waals surface area contributed by atoms with Crippen LogP contribution in [0.5, 0.6) is 0 Å². The molecular formula is C9H15ClN4S. The molecule has 0 saturated carbocycles. The summed E-state index contributed by atoms with van der Waals surface area (Å²) in [6, 6.07) is 0. The molecule has 1 rings (SSSR count). The number of hydrogen-bond donors (Lipinski definition) is 0. The number of hydrogen-bond acceptors (Lipinski definition) is 5. The predicted octanol–water partition coefficient (Wildman–Crippen LogP) is 2.48. The van der Waals surface area contributed by atoms with Crippen molar-refractivity contribution in [1.82, 2.24) is 15.0 Å². The van der Waals surface area contributed by atoms with E-state index >= 15 is 0 Å². The van der Waals surface area contributed by atoms with Gasteiger partial charge in [0.25, 0.3) is 0 Å². The third-order valence-electron chi connectivity index (χ3n) is 1.70. The van der Waals surface area contributed by atoms with E-state index < -0.39 is 0 Å². The molecule has 0 aliphatic carbocycles. The molecule has 0 N–H and O–H groups in total. The van der Waals surface area contributed by atoms with Crippen molar-refractivity contribution in [3.8, 4) is 0 Å². The molecule has 0 amide bonds. The molecule has 0 atom stereocenters. The molecule has 1 aromatic rings. The topological polar surface area (TPSA) is 41.9 Å². The summed E-state index contributed by atoms with van der Waals surface area (Å²) in [4.78, 5) is 14.2. The minimum Gasteiger partial charge on any atom is -0.347 e. The van der Waals surface area contributed by atoms with E-state index in [9.17, 15) is 0 Å². The van der Waals surface area contributed by atoms with Gasteiger partial charge in [0, 0.05) is 19.8 Å². The minimum atomic E-state index is 0.257. The van der Waals surface area contributed by atoms with E-state index in [0.717, 1.165) is 12.2 Å². The molecule has 0 spiro atoms. The lowest BCUT2D eigenvalue weighted by Gasteiger charge is -2.10. The van der Waals surface area contributed by atoms with Crippen LogP contribution in [0.15, 0.2) is 5.16 Å². The molecule has 6 heteroatoms. The highest BCUT2D eigenvalue weighted by molar-refractivity contribution is 7.99. The van der Waals surface area contributed by atoms with Crippen LogP contribution >= 0.6 is 23.4 Å². The van der Waals surface area contributed by atoms with E-state index in [1.165, 1.54) is 6.42 Å². The molecule has 0 unspecified atom stereocenters. The Kier molecular flexibility index (Phi) is 5.11. The molecule has 15 heavy (non-hydrogen) atoms. The van der Waals surface area contributed by atoms with Crippen molar-refractivity contribution in [2.75, 3.05) is 24.7 Å². The average molecular weight is 247 g/mol. The summed E-state index contributed by atoms with van der Waals surface area (Å²) >= 11 is 7.42. The van der Waals surface area contributed by atoms with Gasteiger partial charge in [-0.1, -0.05) is 25.1 Å². The fraction of sp³-hybridized carbons (Fsp3) is 0.667. The number of aromatic nitrogens is 3. The van der Waals surface area contributed by atoms with Crippen molar-refractivity contribution in [2.45, 2.75) is 24.9 Å². The lowest BCUT2D eigenvalue weighted by Crippen LogP contribution is -2.13. The highest BCUT2D eigenvalue weighted by Gasteiger charge is 2.06. The molecule has 1 aromatic heterocycles. The van der Waals surface area contributed by atoms with E-state index in [4.69, 9.17) is 11.6 Å². The zero-order chi connectivity index (χ0) is 11.3. The van der Waals surface area contributed by atoms with Crippen molar-refractivity contribution in [3.05, 3.63) is 5.28 Å². The number of unbranched alkanes of at least 4 members (excludes halogenated alkanes) is 1. The smallest absolute Gasteiger partial charge is 0.230 e. The Morgan fingerprint density at radius 2 is 2.00 bits per heavy atom. The third kappa shape index (κ3) is 4.22. The van der Waals surface area contributed by atoms with Crippen molar-refractivity contribution in [2.24, 2.45) is 0 Å². The quantitative estimate of drug-likeness (QED) is 0.590. The molecule has 1 heterocycles. The number of halogens is 1. The van der Waals surface area contributed by atoms with Gasteiger partial charge in [-0.3, -0.25) is 0 Å². The first-order chi connectivity index (χ1) is 7.13. The van der Waals surface area contributed by atoms with E-state index in [0.29, 0.717) is 11.1 Å². The second-order valence-electron chi connectivity index (χ2n) is 3.28. The first-order valence-electron chi connectivity index (χ1n) is 4.85. The summed E-state index contributed by atoms with van der Waals surface area (Å²) < 4.78 is 0. The third-order valence-corrected chi connectivity index (χ3v) is 2.81. The molecular weight excluding hydrogens is 232 g/mol. The highest BCUT2D eigenvalue weighted by atomic mass is 35.5. The van der Waals surface area contributed by atoms with Gasteiger partial charge in [0.05, 0.1) is 0 Å². The predicted molar refractivity (Wildman–Crippen MR) is 64.8 cm³/mol. The summed E-state index contributed by atoms with van der Waals surface area (Å²) in [5.41, 5.74) is 0. The van der Waals surface area contributed by atoms with Crippen molar-refractivity contribution >= 4 is 29.3 Å². The first-order valence-corrected chi connectivity index (χ1v) is 6.21. The van der Waals surface area contributed by atoms with Gasteiger partial charge in [0.2, 0.25) is 11.2 Å². The van der Waals surface area contributed by atoms with Gasteiger partial charge in [0.1, 0.15) is 0 Å². The highest BCUT2D eigenvalue weighted by Crippen LogP contribution is 2.18. The second-order valence-corrected chi connectivity index (χ2v) is 4.68. The maximum atomic E-state index is 5.80. The zero-order valence-electron chi connectivity index (χ0n) is 9.20. The van der Waals surface area contributed by atoms with E-state index in [2.05, 4.69) is 21.9 Å². The van der Waals surface area contributed by atoms with Gasteiger partial charge in [-0.05, 0) is 18.0 Å². The molecule has 84 valence electrons. The zero-order valence-corrected chi connectivity index (χ0v) is 10.8. The number of nitrogens with zero attached hydrogens (tertiary/aromatic N) is 4. The maximum Gasteiger partial charge on any atom is 0.230 e. The molecule has 0 bridgehead atoms. The Morgan fingerprint density at radius 1 is 1.27 bits per heavy atom. The fourth-order valence-corrected chi connectivity index (χ4v) is 2.01. The van der Waals surface area contributed by atoms with Crippen LogP contribution in [0, 0.1) is 0 Å². The average Bonchev–Trinajstić information content (AvgIpc) is 2.17. The first kappa shape index (κ1) is 12.5. The van der Waals surface area contributed by atoms with Gasteiger partial charge in [0.15, 0.2) is 5.16 Å². The summed E-state index contributed by atoms with van der Waals surface area (Å²) in [5, 5.41) is 0.958. The van der Waals surface area contributed by atoms with Gasteiger partial charge in [-0.15, -0.1) is 0 Å². The Balaban J connectivity index is 2.71. The summed E-state index contributed by atoms with van der Waals surface area (Å²) in [5.74, 6) is 1.62. The summed E-state index contributed by atoms with van der Waals surface area (Å²) in [7, 11) is 3.76. The molecule has 0 aliphatic heterocycles. The van der Waals surface area contributed by atoms with Gasteiger partial charge >= 0.3 is 0 Å². The van der Waals surface area contributed by atoms with Crippen LogP contribution in [0.2, 0.25) is 5.28 Å². The molecule has 0 radical (unpaired) electrons. The van der Waals surface area contributed by atoms with E-state index in [1.54, 1.807) is 11.8 Å². The van der Waals surface area contributed by atoms with E-state index in [1.807, 2.05) is 19.0 Å². The van der Waals surface area contributed by atoms with Crippen LogP contribution in [-0.4, -0.2) is 34.8 Å². The van der Waals surface area contributed by atoms with Crippen LogP contribution in [0.3, 0.4) is 0 Å². The van der Waals surface area contributed by atoms with Crippen molar-refractivity contribution in [1.29, 1.82) is 0 Å². The number of anilines is 1. The molecule has 0 fully saturated rings. The summed E-state index contributed by atoms with van der Waals surface area (Å²) in [6.07, 6.45) is 2.33. The lowest BCUT2D eigenvalue weighted by atomic mass is 10.4. The van der Waals surface area contributed by atoms with Gasteiger partial charge in [-0.25, -0.2) is 0 Å². The van der Waals surface area contributed by atoms with Crippen LogP contribution in [0.4, 0.5) is 5.95 Å². The van der Waals surface area contributed by atoms with Crippen LogP contribution in [-0.2, 0) is 0 Å². The molecule has 0 aliphatic rings. The standard InChI is InChI=1S/C9H15ClN4S/c1-4-5-6-15-9-12-7(10)11-8(13-9)14(2)3/h4-6H2,1-3H3. The van der Waals surface area contributed by atoms with Crippen LogP contribution in [0.1, 0.15) is 19.8 Å².